The van der Waals surface area contributed by atoms with E-state index in [1.54, 1.807) is 0 Å². The molecule has 25 heavy (non-hydrogen) atoms. The summed E-state index contributed by atoms with van der Waals surface area (Å²) in [5.41, 5.74) is 2.35. The third-order valence-corrected chi connectivity index (χ3v) is 3.87. The molecule has 0 aromatic heterocycles. The predicted octanol–water partition coefficient (Wildman–Crippen LogP) is 4.04. The Morgan fingerprint density at radius 1 is 0.960 bits per heavy atom. The van der Waals surface area contributed by atoms with Crippen molar-refractivity contribution in [2.45, 2.75) is 46.3 Å². The van der Waals surface area contributed by atoms with E-state index in [-0.39, 0.29) is 11.9 Å². The number of rotatable bonds is 8. The number of nitrogens with one attached hydrogen (secondary N) is 1. The van der Waals surface area contributed by atoms with E-state index in [0.29, 0.717) is 18.8 Å². The Hall–Kier alpha value is -2.49. The summed E-state index contributed by atoms with van der Waals surface area (Å²) < 4.78 is 11.5. The van der Waals surface area contributed by atoms with E-state index in [1.807, 2.05) is 76.2 Å². The molecule has 0 fully saturated rings. The Balaban J connectivity index is 1.83. The van der Waals surface area contributed by atoms with E-state index < -0.39 is 6.10 Å². The fraction of sp³-hybridized carbons (Fsp3) is 0.381. The van der Waals surface area contributed by atoms with Gasteiger partial charge in [-0.2, -0.15) is 0 Å². The normalized spacial score (nSPS) is 13.0. The molecule has 0 bridgehead atoms. The smallest absolute Gasteiger partial charge is 0.261 e. The molecule has 1 amide bonds. The fourth-order valence-electron chi connectivity index (χ4n) is 2.34. The molecule has 4 heteroatoms. The van der Waals surface area contributed by atoms with Gasteiger partial charge in [-0.1, -0.05) is 42.3 Å². The highest BCUT2D eigenvalue weighted by Crippen LogP contribution is 2.15. The van der Waals surface area contributed by atoms with Gasteiger partial charge in [0.05, 0.1) is 6.04 Å². The van der Waals surface area contributed by atoms with Crippen LogP contribution in [0, 0.1) is 13.8 Å². The lowest BCUT2D eigenvalue weighted by atomic mass is 10.2. The molecule has 0 saturated heterocycles. The molecule has 0 heterocycles. The zero-order valence-corrected chi connectivity index (χ0v) is 15.4. The van der Waals surface area contributed by atoms with Crippen LogP contribution < -0.4 is 14.8 Å². The van der Waals surface area contributed by atoms with Gasteiger partial charge in [0, 0.05) is 0 Å². The van der Waals surface area contributed by atoms with Gasteiger partial charge in [-0.3, -0.25) is 4.79 Å². The zero-order chi connectivity index (χ0) is 18.2. The van der Waals surface area contributed by atoms with Crippen molar-refractivity contribution < 1.29 is 14.3 Å². The molecule has 0 unspecified atom stereocenters. The van der Waals surface area contributed by atoms with Gasteiger partial charge in [0.1, 0.15) is 18.1 Å². The number of carbonyl (C=O) groups is 1. The molecule has 0 aliphatic rings. The Bertz CT molecular complexity index is 665. The summed E-state index contributed by atoms with van der Waals surface area (Å²) in [6.45, 7) is 8.32. The van der Waals surface area contributed by atoms with Crippen LogP contribution in [-0.4, -0.2) is 24.7 Å². The molecule has 2 aromatic carbocycles. The third-order valence-electron chi connectivity index (χ3n) is 3.87. The molecule has 0 saturated carbocycles. The van der Waals surface area contributed by atoms with Gasteiger partial charge in [0.25, 0.3) is 5.91 Å². The molecule has 0 aliphatic heterocycles. The molecule has 2 aromatic rings. The molecule has 4 nitrogen and oxygen atoms in total. The van der Waals surface area contributed by atoms with Crippen molar-refractivity contribution in [2.75, 3.05) is 6.61 Å². The minimum atomic E-state index is -0.510. The largest absolute Gasteiger partial charge is 0.491 e. The lowest BCUT2D eigenvalue weighted by Gasteiger charge is -2.21. The average Bonchev–Trinajstić information content (AvgIpc) is 2.60. The Morgan fingerprint density at radius 3 is 2.00 bits per heavy atom. The van der Waals surface area contributed by atoms with Crippen LogP contribution in [0.15, 0.2) is 48.5 Å². The van der Waals surface area contributed by atoms with E-state index >= 15 is 0 Å². The summed E-state index contributed by atoms with van der Waals surface area (Å²) in [5, 5.41) is 2.96. The number of ether oxygens (including phenoxy) is 2. The molecule has 0 spiro atoms. The summed E-state index contributed by atoms with van der Waals surface area (Å²) >= 11 is 0. The lowest BCUT2D eigenvalue weighted by Crippen LogP contribution is -2.44. The molecular formula is C21H27NO3. The first-order chi connectivity index (χ1) is 12.0. The van der Waals surface area contributed by atoms with Crippen LogP contribution in [0.1, 0.15) is 31.4 Å². The van der Waals surface area contributed by atoms with Gasteiger partial charge in [0.2, 0.25) is 0 Å². The second kappa shape index (κ2) is 9.11. The summed E-state index contributed by atoms with van der Waals surface area (Å²) in [5.74, 6) is 1.38. The number of amides is 1. The average molecular weight is 341 g/mol. The Kier molecular flexibility index (Phi) is 6.87. The second-order valence-electron chi connectivity index (χ2n) is 6.36. The van der Waals surface area contributed by atoms with Crippen molar-refractivity contribution >= 4 is 5.91 Å². The third kappa shape index (κ3) is 6.14. The van der Waals surface area contributed by atoms with Crippen LogP contribution >= 0.6 is 0 Å². The molecular weight excluding hydrogens is 314 g/mol. The maximum absolute atomic E-state index is 12.4. The summed E-state index contributed by atoms with van der Waals surface area (Å²) in [6, 6.07) is 15.5. The monoisotopic (exact) mass is 341 g/mol. The molecule has 1 N–H and O–H groups in total. The fourth-order valence-corrected chi connectivity index (χ4v) is 2.34. The predicted molar refractivity (Wildman–Crippen MR) is 100 cm³/mol. The standard InChI is InChI=1S/C21H27NO3/c1-5-20(25-19-12-8-16(3)9-13-19)21(23)22-17(4)14-24-18-10-6-15(2)7-11-18/h6-13,17,20H,5,14H2,1-4H3,(H,22,23)/t17-,20+/m0/s1. The van der Waals surface area contributed by atoms with Gasteiger partial charge in [-0.05, 0) is 51.5 Å². The minimum absolute atomic E-state index is 0.107. The second-order valence-corrected chi connectivity index (χ2v) is 6.36. The van der Waals surface area contributed by atoms with Crippen molar-refractivity contribution in [3.63, 3.8) is 0 Å². The Morgan fingerprint density at radius 2 is 1.48 bits per heavy atom. The first-order valence-corrected chi connectivity index (χ1v) is 8.71. The molecule has 0 aliphatic carbocycles. The van der Waals surface area contributed by atoms with Crippen molar-refractivity contribution in [1.82, 2.24) is 5.32 Å². The van der Waals surface area contributed by atoms with Crippen molar-refractivity contribution in [3.8, 4) is 11.5 Å². The SMILES string of the molecule is CC[C@@H](Oc1ccc(C)cc1)C(=O)N[C@@H](C)COc1ccc(C)cc1. The van der Waals surface area contributed by atoms with Gasteiger partial charge in [0.15, 0.2) is 6.10 Å². The number of carbonyl (C=O) groups excluding carboxylic acids is 1. The number of aryl methyl sites for hydroxylation is 2. The first-order valence-electron chi connectivity index (χ1n) is 8.71. The van der Waals surface area contributed by atoms with E-state index in [1.165, 1.54) is 5.56 Å². The first kappa shape index (κ1) is 18.8. The number of hydrogen-bond donors (Lipinski definition) is 1. The molecule has 134 valence electrons. The zero-order valence-electron chi connectivity index (χ0n) is 15.4. The molecule has 0 radical (unpaired) electrons. The highest BCUT2D eigenvalue weighted by Gasteiger charge is 2.20. The van der Waals surface area contributed by atoms with Crippen molar-refractivity contribution in [1.29, 1.82) is 0 Å². The number of hydrogen-bond acceptors (Lipinski definition) is 3. The number of benzene rings is 2. The topological polar surface area (TPSA) is 47.6 Å². The maximum atomic E-state index is 12.4. The van der Waals surface area contributed by atoms with E-state index in [9.17, 15) is 4.79 Å². The highest BCUT2D eigenvalue weighted by molar-refractivity contribution is 5.81. The van der Waals surface area contributed by atoms with E-state index in [4.69, 9.17) is 9.47 Å². The minimum Gasteiger partial charge on any atom is -0.491 e. The Labute approximate surface area is 150 Å². The van der Waals surface area contributed by atoms with Gasteiger partial charge >= 0.3 is 0 Å². The molecule has 2 atom stereocenters. The maximum Gasteiger partial charge on any atom is 0.261 e. The van der Waals surface area contributed by atoms with Crippen LogP contribution in [0.25, 0.3) is 0 Å². The summed E-state index contributed by atoms with van der Waals surface area (Å²) in [6.07, 6.45) is 0.0927. The highest BCUT2D eigenvalue weighted by atomic mass is 16.5. The van der Waals surface area contributed by atoms with E-state index in [2.05, 4.69) is 5.32 Å². The van der Waals surface area contributed by atoms with E-state index in [0.717, 1.165) is 11.3 Å². The van der Waals surface area contributed by atoms with Crippen molar-refractivity contribution in [3.05, 3.63) is 59.7 Å². The lowest BCUT2D eigenvalue weighted by molar-refractivity contribution is -0.128. The quantitative estimate of drug-likeness (QED) is 0.788. The van der Waals surface area contributed by atoms with Crippen LogP contribution in [0.4, 0.5) is 0 Å². The van der Waals surface area contributed by atoms with Crippen molar-refractivity contribution in [2.24, 2.45) is 0 Å². The van der Waals surface area contributed by atoms with Gasteiger partial charge in [-0.25, -0.2) is 0 Å². The van der Waals surface area contributed by atoms with Crippen LogP contribution in [0.5, 0.6) is 11.5 Å². The summed E-state index contributed by atoms with van der Waals surface area (Å²) in [7, 11) is 0. The van der Waals surface area contributed by atoms with Gasteiger partial charge < -0.3 is 14.8 Å². The molecule has 2 rings (SSSR count). The van der Waals surface area contributed by atoms with Crippen LogP contribution in [0.3, 0.4) is 0 Å². The summed E-state index contributed by atoms with van der Waals surface area (Å²) in [4.78, 5) is 12.4. The van der Waals surface area contributed by atoms with Crippen LogP contribution in [0.2, 0.25) is 0 Å². The van der Waals surface area contributed by atoms with Crippen LogP contribution in [-0.2, 0) is 4.79 Å². The van der Waals surface area contributed by atoms with Gasteiger partial charge in [-0.15, -0.1) is 0 Å².